The molecule has 0 aromatic carbocycles. The third-order valence-electron chi connectivity index (χ3n) is 2.49. The first-order valence-corrected chi connectivity index (χ1v) is 4.32. The standard InChI is InChI=1S/C8H14N2O/c9-6-3-4-10(7-1-2-7)8(11)5-6/h6-7H,1-5,9H2. The van der Waals surface area contributed by atoms with Crippen LogP contribution < -0.4 is 5.73 Å². The van der Waals surface area contributed by atoms with E-state index < -0.39 is 0 Å². The van der Waals surface area contributed by atoms with E-state index in [9.17, 15) is 4.79 Å². The molecule has 11 heavy (non-hydrogen) atoms. The van der Waals surface area contributed by atoms with Crippen molar-refractivity contribution in [2.75, 3.05) is 6.54 Å². The van der Waals surface area contributed by atoms with Crippen molar-refractivity contribution in [2.45, 2.75) is 37.8 Å². The van der Waals surface area contributed by atoms with Gasteiger partial charge in [0.2, 0.25) is 5.91 Å². The third-order valence-corrected chi connectivity index (χ3v) is 2.49. The van der Waals surface area contributed by atoms with E-state index in [1.807, 2.05) is 4.90 Å². The van der Waals surface area contributed by atoms with Gasteiger partial charge in [-0.05, 0) is 19.3 Å². The van der Waals surface area contributed by atoms with Crippen molar-refractivity contribution in [1.82, 2.24) is 4.90 Å². The maximum Gasteiger partial charge on any atom is 0.224 e. The molecule has 1 atom stereocenters. The van der Waals surface area contributed by atoms with Gasteiger partial charge in [0, 0.05) is 25.0 Å². The van der Waals surface area contributed by atoms with Crippen molar-refractivity contribution in [1.29, 1.82) is 0 Å². The Morgan fingerprint density at radius 2 is 2.09 bits per heavy atom. The minimum absolute atomic E-state index is 0.123. The molecule has 2 aliphatic rings. The maximum absolute atomic E-state index is 11.3. The van der Waals surface area contributed by atoms with Crippen molar-refractivity contribution in [3.63, 3.8) is 0 Å². The van der Waals surface area contributed by atoms with Gasteiger partial charge in [-0.15, -0.1) is 0 Å². The zero-order valence-corrected chi connectivity index (χ0v) is 6.62. The number of hydrogen-bond donors (Lipinski definition) is 1. The minimum Gasteiger partial charge on any atom is -0.340 e. The summed E-state index contributed by atoms with van der Waals surface area (Å²) < 4.78 is 0. The molecule has 0 radical (unpaired) electrons. The zero-order chi connectivity index (χ0) is 7.84. The molecule has 1 amide bonds. The molecule has 1 aliphatic heterocycles. The van der Waals surface area contributed by atoms with E-state index in [-0.39, 0.29) is 11.9 Å². The lowest BCUT2D eigenvalue weighted by Crippen LogP contribution is -2.44. The van der Waals surface area contributed by atoms with Gasteiger partial charge < -0.3 is 10.6 Å². The molecule has 0 aromatic heterocycles. The summed E-state index contributed by atoms with van der Waals surface area (Å²) in [7, 11) is 0. The van der Waals surface area contributed by atoms with Crippen LogP contribution in [-0.4, -0.2) is 29.4 Å². The first-order chi connectivity index (χ1) is 5.27. The van der Waals surface area contributed by atoms with Crippen LogP contribution in [0.5, 0.6) is 0 Å². The number of likely N-dealkylation sites (tertiary alicyclic amines) is 1. The predicted molar refractivity (Wildman–Crippen MR) is 41.9 cm³/mol. The highest BCUT2D eigenvalue weighted by Crippen LogP contribution is 2.29. The molecule has 3 heteroatoms. The SMILES string of the molecule is NC1CCN(C2CC2)C(=O)C1. The Labute approximate surface area is 66.5 Å². The van der Waals surface area contributed by atoms with E-state index >= 15 is 0 Å². The molecule has 62 valence electrons. The van der Waals surface area contributed by atoms with Gasteiger partial charge in [-0.3, -0.25) is 4.79 Å². The van der Waals surface area contributed by atoms with Gasteiger partial charge in [0.25, 0.3) is 0 Å². The van der Waals surface area contributed by atoms with Crippen LogP contribution in [0.15, 0.2) is 0 Å². The van der Waals surface area contributed by atoms with Crippen LogP contribution in [0.3, 0.4) is 0 Å². The molecule has 3 nitrogen and oxygen atoms in total. The number of amides is 1. The molecule has 1 unspecified atom stereocenters. The average Bonchev–Trinajstić information content (AvgIpc) is 2.70. The number of nitrogens with two attached hydrogens (primary N) is 1. The number of carbonyl (C=O) groups is 1. The number of hydrogen-bond acceptors (Lipinski definition) is 2. The number of nitrogens with zero attached hydrogens (tertiary/aromatic N) is 1. The fraction of sp³-hybridized carbons (Fsp3) is 0.875. The van der Waals surface area contributed by atoms with Crippen LogP contribution in [-0.2, 0) is 4.79 Å². The Morgan fingerprint density at radius 3 is 2.64 bits per heavy atom. The van der Waals surface area contributed by atoms with E-state index in [1.165, 1.54) is 12.8 Å². The smallest absolute Gasteiger partial charge is 0.224 e. The van der Waals surface area contributed by atoms with Crippen molar-refractivity contribution in [3.8, 4) is 0 Å². The fourth-order valence-electron chi connectivity index (χ4n) is 1.65. The Bertz CT molecular complexity index is 177. The molecule has 0 aromatic rings. The Kier molecular flexibility index (Phi) is 1.60. The molecule has 1 saturated heterocycles. The molecule has 0 spiro atoms. The van der Waals surface area contributed by atoms with Gasteiger partial charge >= 0.3 is 0 Å². The molecule has 1 aliphatic carbocycles. The molecular formula is C8H14N2O. The monoisotopic (exact) mass is 154 g/mol. The summed E-state index contributed by atoms with van der Waals surface area (Å²) in [6.45, 7) is 0.894. The first-order valence-electron chi connectivity index (χ1n) is 4.32. The molecule has 1 heterocycles. The normalized spacial score (nSPS) is 32.6. The van der Waals surface area contributed by atoms with E-state index in [4.69, 9.17) is 5.73 Å². The van der Waals surface area contributed by atoms with Crippen molar-refractivity contribution in [2.24, 2.45) is 5.73 Å². The summed E-state index contributed by atoms with van der Waals surface area (Å²) in [6, 6.07) is 0.701. The summed E-state index contributed by atoms with van der Waals surface area (Å²) in [4.78, 5) is 13.3. The lowest BCUT2D eigenvalue weighted by Gasteiger charge is -2.29. The number of carbonyl (C=O) groups excluding carboxylic acids is 1. The molecule has 0 bridgehead atoms. The van der Waals surface area contributed by atoms with Crippen LogP contribution >= 0.6 is 0 Å². The highest BCUT2D eigenvalue weighted by atomic mass is 16.2. The number of piperidine rings is 1. The summed E-state index contributed by atoms with van der Waals surface area (Å²) >= 11 is 0. The quantitative estimate of drug-likeness (QED) is 0.582. The average molecular weight is 154 g/mol. The third kappa shape index (κ3) is 1.38. The number of rotatable bonds is 1. The predicted octanol–water partition coefficient (Wildman–Crippen LogP) is 0.0985. The van der Waals surface area contributed by atoms with Gasteiger partial charge in [-0.2, -0.15) is 0 Å². The summed E-state index contributed by atoms with van der Waals surface area (Å²) in [5.74, 6) is 0.270. The van der Waals surface area contributed by atoms with Crippen LogP contribution in [0, 0.1) is 0 Å². The second kappa shape index (κ2) is 2.48. The molecule has 2 fully saturated rings. The summed E-state index contributed by atoms with van der Waals surface area (Å²) in [6.07, 6.45) is 3.97. The largest absolute Gasteiger partial charge is 0.340 e. The van der Waals surface area contributed by atoms with Gasteiger partial charge in [0.05, 0.1) is 0 Å². The maximum atomic E-state index is 11.3. The van der Waals surface area contributed by atoms with E-state index in [2.05, 4.69) is 0 Å². The van der Waals surface area contributed by atoms with Crippen molar-refractivity contribution >= 4 is 5.91 Å². The highest BCUT2D eigenvalue weighted by molar-refractivity contribution is 5.78. The highest BCUT2D eigenvalue weighted by Gasteiger charge is 2.35. The van der Waals surface area contributed by atoms with Crippen LogP contribution in [0.1, 0.15) is 25.7 Å². The Hall–Kier alpha value is -0.570. The van der Waals surface area contributed by atoms with Crippen molar-refractivity contribution < 1.29 is 4.79 Å². The van der Waals surface area contributed by atoms with Gasteiger partial charge in [-0.1, -0.05) is 0 Å². The molecular weight excluding hydrogens is 140 g/mol. The van der Waals surface area contributed by atoms with Gasteiger partial charge in [0.1, 0.15) is 0 Å². The second-order valence-corrected chi connectivity index (χ2v) is 3.57. The fourth-order valence-corrected chi connectivity index (χ4v) is 1.65. The minimum atomic E-state index is 0.123. The van der Waals surface area contributed by atoms with Crippen LogP contribution in [0.4, 0.5) is 0 Å². The van der Waals surface area contributed by atoms with Gasteiger partial charge in [-0.25, -0.2) is 0 Å². The van der Waals surface area contributed by atoms with E-state index in [0.717, 1.165) is 13.0 Å². The zero-order valence-electron chi connectivity index (χ0n) is 6.62. The van der Waals surface area contributed by atoms with E-state index in [1.54, 1.807) is 0 Å². The first kappa shape index (κ1) is 7.10. The summed E-state index contributed by atoms with van der Waals surface area (Å²) in [5, 5.41) is 0. The van der Waals surface area contributed by atoms with Crippen LogP contribution in [0.2, 0.25) is 0 Å². The molecule has 1 saturated carbocycles. The topological polar surface area (TPSA) is 46.3 Å². The Morgan fingerprint density at radius 1 is 1.36 bits per heavy atom. The summed E-state index contributed by atoms with van der Waals surface area (Å²) in [5.41, 5.74) is 5.66. The lowest BCUT2D eigenvalue weighted by molar-refractivity contribution is -0.134. The van der Waals surface area contributed by atoms with Gasteiger partial charge in [0.15, 0.2) is 0 Å². The van der Waals surface area contributed by atoms with Crippen molar-refractivity contribution in [3.05, 3.63) is 0 Å². The van der Waals surface area contributed by atoms with Crippen LogP contribution in [0.25, 0.3) is 0 Å². The second-order valence-electron chi connectivity index (χ2n) is 3.57. The molecule has 2 rings (SSSR count). The molecule has 2 N–H and O–H groups in total. The van der Waals surface area contributed by atoms with E-state index in [0.29, 0.717) is 12.5 Å². The Balaban J connectivity index is 1.95. The lowest BCUT2D eigenvalue weighted by atomic mass is 10.1.